The number of anilines is 2. The number of fused-ring (bicyclic) bond motifs is 2. The van der Waals surface area contributed by atoms with Crippen LogP contribution < -0.4 is 4.90 Å². The van der Waals surface area contributed by atoms with Gasteiger partial charge in [-0.2, -0.15) is 13.2 Å². The number of carbonyl (C=O) groups is 2. The Bertz CT molecular complexity index is 917. The Kier molecular flexibility index (Phi) is 7.02. The van der Waals surface area contributed by atoms with Crippen molar-refractivity contribution in [3.05, 3.63) is 58.6 Å². The quantitative estimate of drug-likeness (QED) is 0.574. The minimum atomic E-state index is -4.96. The van der Waals surface area contributed by atoms with Gasteiger partial charge in [0, 0.05) is 42.5 Å². The van der Waals surface area contributed by atoms with Crippen LogP contribution in [0.1, 0.15) is 24.0 Å². The summed E-state index contributed by atoms with van der Waals surface area (Å²) in [4.78, 5) is 25.1. The largest absolute Gasteiger partial charge is 0.471 e. The molecule has 1 aliphatic rings. The van der Waals surface area contributed by atoms with Crippen LogP contribution in [0, 0.1) is 0 Å². The fraction of sp³-hybridized carbons (Fsp3) is 0.364. The van der Waals surface area contributed by atoms with Gasteiger partial charge in [-0.1, -0.05) is 35.9 Å². The number of halogens is 4. The number of hydrogen-bond donors (Lipinski definition) is 0. The number of benzene rings is 2. The predicted octanol–water partition coefficient (Wildman–Crippen LogP) is 4.95. The highest BCUT2D eigenvalue weighted by Crippen LogP contribution is 2.37. The summed E-state index contributed by atoms with van der Waals surface area (Å²) in [6.45, 7) is 0.0642. The number of rotatable bonds is 7. The van der Waals surface area contributed by atoms with Crippen molar-refractivity contribution in [2.24, 2.45) is 0 Å². The van der Waals surface area contributed by atoms with E-state index in [1.807, 2.05) is 42.5 Å². The third kappa shape index (κ3) is 5.14. The standard InChI is InChI=1S/C22H22ClF3N2O2/c23-18-10-9-17-8-7-16-5-1-2-6-19(16)28(20(17)15-18)13-3-11-27(12-4-14-29)21(30)22(24,25)26/h1-2,5-6,9-10,14-15H,3-4,7-8,11-13H2. The third-order valence-corrected chi connectivity index (χ3v) is 5.38. The van der Waals surface area contributed by atoms with Crippen LogP contribution in [0.2, 0.25) is 5.02 Å². The molecule has 0 saturated carbocycles. The van der Waals surface area contributed by atoms with Crippen LogP contribution in [0.3, 0.4) is 0 Å². The maximum atomic E-state index is 12.9. The lowest BCUT2D eigenvalue weighted by Gasteiger charge is -2.29. The number of para-hydroxylation sites is 1. The summed E-state index contributed by atoms with van der Waals surface area (Å²) in [6.07, 6.45) is -2.59. The third-order valence-electron chi connectivity index (χ3n) is 5.14. The molecule has 0 aliphatic carbocycles. The zero-order valence-electron chi connectivity index (χ0n) is 16.3. The van der Waals surface area contributed by atoms with Crippen molar-refractivity contribution < 1.29 is 22.8 Å². The maximum Gasteiger partial charge on any atom is 0.471 e. The summed E-state index contributed by atoms with van der Waals surface area (Å²) in [5.41, 5.74) is 4.17. The first-order valence-corrected chi connectivity index (χ1v) is 10.1. The number of hydrogen-bond acceptors (Lipinski definition) is 3. The average molecular weight is 439 g/mol. The first kappa shape index (κ1) is 22.2. The molecule has 30 heavy (non-hydrogen) atoms. The van der Waals surface area contributed by atoms with Gasteiger partial charge in [0.15, 0.2) is 0 Å². The van der Waals surface area contributed by atoms with Gasteiger partial charge < -0.3 is 14.6 Å². The summed E-state index contributed by atoms with van der Waals surface area (Å²) in [5.74, 6) is -1.91. The molecule has 0 saturated heterocycles. The molecular formula is C22H22ClF3N2O2. The minimum absolute atomic E-state index is 0.0965. The van der Waals surface area contributed by atoms with Crippen LogP contribution >= 0.6 is 11.6 Å². The Labute approximate surface area is 178 Å². The molecule has 8 heteroatoms. The zero-order valence-corrected chi connectivity index (χ0v) is 17.0. The molecule has 1 heterocycles. The molecule has 0 bridgehead atoms. The van der Waals surface area contributed by atoms with Gasteiger partial charge in [0.25, 0.3) is 0 Å². The molecule has 3 rings (SSSR count). The van der Waals surface area contributed by atoms with E-state index in [1.54, 1.807) is 0 Å². The summed E-state index contributed by atoms with van der Waals surface area (Å²) >= 11 is 6.22. The molecule has 4 nitrogen and oxygen atoms in total. The van der Waals surface area contributed by atoms with E-state index >= 15 is 0 Å². The monoisotopic (exact) mass is 438 g/mol. The number of aryl methyl sites for hydroxylation is 2. The highest BCUT2D eigenvalue weighted by Gasteiger charge is 2.42. The first-order chi connectivity index (χ1) is 14.3. The van der Waals surface area contributed by atoms with Crippen molar-refractivity contribution in [1.82, 2.24) is 4.90 Å². The van der Waals surface area contributed by atoms with Crippen molar-refractivity contribution in [3.63, 3.8) is 0 Å². The Balaban J connectivity index is 1.82. The van der Waals surface area contributed by atoms with E-state index in [1.165, 1.54) is 0 Å². The molecular weight excluding hydrogens is 417 g/mol. The molecule has 0 spiro atoms. The second-order valence-corrected chi connectivity index (χ2v) is 7.59. The molecule has 0 radical (unpaired) electrons. The fourth-order valence-corrected chi connectivity index (χ4v) is 3.91. The number of amides is 1. The van der Waals surface area contributed by atoms with E-state index in [9.17, 15) is 22.8 Å². The Morgan fingerprint density at radius 1 is 1.07 bits per heavy atom. The van der Waals surface area contributed by atoms with Gasteiger partial charge in [-0.3, -0.25) is 4.79 Å². The molecule has 0 aromatic heterocycles. The van der Waals surface area contributed by atoms with E-state index in [0.29, 0.717) is 29.2 Å². The van der Waals surface area contributed by atoms with Crippen LogP contribution in [0.5, 0.6) is 0 Å². The summed E-state index contributed by atoms with van der Waals surface area (Å²) in [5, 5.41) is 0.581. The molecule has 1 aliphatic heterocycles. The van der Waals surface area contributed by atoms with Gasteiger partial charge in [0.1, 0.15) is 6.29 Å². The van der Waals surface area contributed by atoms with E-state index in [2.05, 4.69) is 4.90 Å². The smallest absolute Gasteiger partial charge is 0.341 e. The van der Waals surface area contributed by atoms with Crippen molar-refractivity contribution in [2.45, 2.75) is 31.9 Å². The Hall–Kier alpha value is -2.54. The van der Waals surface area contributed by atoms with Crippen LogP contribution in [-0.2, 0) is 22.4 Å². The molecule has 2 aromatic carbocycles. The summed E-state index contributed by atoms with van der Waals surface area (Å²) in [7, 11) is 0. The highest BCUT2D eigenvalue weighted by atomic mass is 35.5. The van der Waals surface area contributed by atoms with Crippen molar-refractivity contribution in [3.8, 4) is 0 Å². The Morgan fingerprint density at radius 3 is 2.47 bits per heavy atom. The van der Waals surface area contributed by atoms with E-state index in [0.717, 1.165) is 35.3 Å². The van der Waals surface area contributed by atoms with Crippen LogP contribution in [0.15, 0.2) is 42.5 Å². The normalized spacial score (nSPS) is 13.3. The summed E-state index contributed by atoms with van der Waals surface area (Å²) < 4.78 is 38.7. The van der Waals surface area contributed by atoms with Crippen molar-refractivity contribution >= 4 is 35.2 Å². The lowest BCUT2D eigenvalue weighted by atomic mass is 10.0. The molecule has 0 fully saturated rings. The number of aldehydes is 1. The molecule has 1 amide bonds. The second-order valence-electron chi connectivity index (χ2n) is 7.15. The summed E-state index contributed by atoms with van der Waals surface area (Å²) in [6, 6.07) is 13.6. The topological polar surface area (TPSA) is 40.6 Å². The average Bonchev–Trinajstić information content (AvgIpc) is 2.86. The first-order valence-electron chi connectivity index (χ1n) is 9.75. The fourth-order valence-electron chi connectivity index (χ4n) is 3.75. The Morgan fingerprint density at radius 2 is 1.77 bits per heavy atom. The van der Waals surface area contributed by atoms with Crippen LogP contribution in [0.4, 0.5) is 24.5 Å². The van der Waals surface area contributed by atoms with E-state index in [-0.39, 0.29) is 19.5 Å². The van der Waals surface area contributed by atoms with Gasteiger partial charge in [-0.15, -0.1) is 0 Å². The van der Waals surface area contributed by atoms with Crippen molar-refractivity contribution in [2.75, 3.05) is 24.5 Å². The minimum Gasteiger partial charge on any atom is -0.341 e. The lowest BCUT2D eigenvalue weighted by molar-refractivity contribution is -0.185. The SMILES string of the molecule is O=CCCN(CCCN1c2ccccc2CCc2ccc(Cl)cc21)C(=O)C(F)(F)F. The van der Waals surface area contributed by atoms with Gasteiger partial charge >= 0.3 is 12.1 Å². The van der Waals surface area contributed by atoms with E-state index < -0.39 is 12.1 Å². The molecule has 160 valence electrons. The van der Waals surface area contributed by atoms with Gasteiger partial charge in [0.05, 0.1) is 0 Å². The second kappa shape index (κ2) is 9.51. The number of nitrogens with zero attached hydrogens (tertiary/aromatic N) is 2. The number of alkyl halides is 3. The van der Waals surface area contributed by atoms with Gasteiger partial charge in [0.2, 0.25) is 0 Å². The zero-order chi connectivity index (χ0) is 21.7. The molecule has 0 atom stereocenters. The maximum absolute atomic E-state index is 12.9. The molecule has 2 aromatic rings. The van der Waals surface area contributed by atoms with Crippen LogP contribution in [0.25, 0.3) is 0 Å². The lowest BCUT2D eigenvalue weighted by Crippen LogP contribution is -2.43. The van der Waals surface area contributed by atoms with Crippen molar-refractivity contribution in [1.29, 1.82) is 0 Å². The van der Waals surface area contributed by atoms with E-state index in [4.69, 9.17) is 11.6 Å². The molecule has 0 unspecified atom stereocenters. The van der Waals surface area contributed by atoms with Crippen LogP contribution in [-0.4, -0.2) is 42.9 Å². The van der Waals surface area contributed by atoms with Gasteiger partial charge in [-0.05, 0) is 48.6 Å². The molecule has 0 N–H and O–H groups in total. The highest BCUT2D eigenvalue weighted by molar-refractivity contribution is 6.30. The predicted molar refractivity (Wildman–Crippen MR) is 110 cm³/mol. The number of carbonyl (C=O) groups excluding carboxylic acids is 2. The van der Waals surface area contributed by atoms with Gasteiger partial charge in [-0.25, -0.2) is 0 Å².